The number of ether oxygens (including phenoxy) is 1. The molecule has 0 amide bonds. The molecule has 0 aliphatic carbocycles. The minimum absolute atomic E-state index is 0.0384. The summed E-state index contributed by atoms with van der Waals surface area (Å²) in [6.45, 7) is 6.14. The van der Waals surface area contributed by atoms with Crippen LogP contribution in [0.25, 0.3) is 10.9 Å². The van der Waals surface area contributed by atoms with Gasteiger partial charge in [0.2, 0.25) is 0 Å². The van der Waals surface area contributed by atoms with E-state index in [9.17, 15) is 4.79 Å². The Kier molecular flexibility index (Phi) is 3.80. The van der Waals surface area contributed by atoms with Gasteiger partial charge in [0, 0.05) is 25.7 Å². The van der Waals surface area contributed by atoms with Crippen molar-refractivity contribution in [2.75, 3.05) is 26.3 Å². The van der Waals surface area contributed by atoms with Crippen molar-refractivity contribution in [3.05, 3.63) is 40.9 Å². The van der Waals surface area contributed by atoms with Gasteiger partial charge in [-0.15, -0.1) is 0 Å². The molecule has 5 nitrogen and oxygen atoms in total. The average Bonchev–Trinajstić information content (AvgIpc) is 2.48. The highest BCUT2D eigenvalue weighted by Crippen LogP contribution is 2.07. The molecule has 0 bridgehead atoms. The molecule has 106 valence electrons. The van der Waals surface area contributed by atoms with Crippen LogP contribution in [-0.4, -0.2) is 46.8 Å². The van der Waals surface area contributed by atoms with Crippen molar-refractivity contribution in [1.29, 1.82) is 0 Å². The second-order valence-electron chi connectivity index (χ2n) is 5.22. The number of fused-ring (bicyclic) bond motifs is 1. The zero-order chi connectivity index (χ0) is 13.9. The topological polar surface area (TPSA) is 47.4 Å². The molecule has 0 N–H and O–H groups in total. The van der Waals surface area contributed by atoms with Crippen LogP contribution in [0.2, 0.25) is 0 Å². The Balaban J connectivity index is 1.77. The lowest BCUT2D eigenvalue weighted by atomic mass is 10.2. The first-order chi connectivity index (χ1) is 9.75. The SMILES string of the molecule is CC1COCCN1CCn1cnc2ccccc2c1=O. The number of aromatic nitrogens is 2. The second kappa shape index (κ2) is 5.73. The molecular weight excluding hydrogens is 254 g/mol. The summed E-state index contributed by atoms with van der Waals surface area (Å²) in [5.74, 6) is 0. The van der Waals surface area contributed by atoms with Crippen LogP contribution in [0.4, 0.5) is 0 Å². The van der Waals surface area contributed by atoms with Crippen LogP contribution in [0.1, 0.15) is 6.92 Å². The molecule has 2 heterocycles. The predicted molar refractivity (Wildman–Crippen MR) is 77.9 cm³/mol. The van der Waals surface area contributed by atoms with E-state index in [2.05, 4.69) is 16.8 Å². The van der Waals surface area contributed by atoms with Crippen molar-refractivity contribution < 1.29 is 4.74 Å². The van der Waals surface area contributed by atoms with Gasteiger partial charge in [0.15, 0.2) is 0 Å². The molecule has 0 radical (unpaired) electrons. The van der Waals surface area contributed by atoms with E-state index < -0.39 is 0 Å². The second-order valence-corrected chi connectivity index (χ2v) is 5.22. The molecule has 2 aromatic rings. The van der Waals surface area contributed by atoms with Gasteiger partial charge >= 0.3 is 0 Å². The molecule has 1 atom stereocenters. The fraction of sp³-hybridized carbons (Fsp3) is 0.467. The Morgan fingerprint density at radius 3 is 3.05 bits per heavy atom. The maximum absolute atomic E-state index is 12.4. The van der Waals surface area contributed by atoms with Gasteiger partial charge in [0.05, 0.1) is 30.4 Å². The fourth-order valence-corrected chi connectivity index (χ4v) is 2.60. The van der Waals surface area contributed by atoms with E-state index in [-0.39, 0.29) is 5.56 Å². The normalized spacial score (nSPS) is 20.4. The Hall–Kier alpha value is -1.72. The molecule has 20 heavy (non-hydrogen) atoms. The van der Waals surface area contributed by atoms with Crippen molar-refractivity contribution in [1.82, 2.24) is 14.5 Å². The lowest BCUT2D eigenvalue weighted by Crippen LogP contribution is -2.45. The van der Waals surface area contributed by atoms with Crippen LogP contribution in [0.15, 0.2) is 35.4 Å². The molecule has 3 rings (SSSR count). The molecule has 0 saturated carbocycles. The third-order valence-electron chi connectivity index (χ3n) is 3.86. The Morgan fingerprint density at radius 2 is 2.20 bits per heavy atom. The highest BCUT2D eigenvalue weighted by molar-refractivity contribution is 5.76. The van der Waals surface area contributed by atoms with E-state index >= 15 is 0 Å². The third kappa shape index (κ3) is 2.59. The molecule has 1 unspecified atom stereocenters. The molecule has 1 fully saturated rings. The molecule has 1 aromatic heterocycles. The van der Waals surface area contributed by atoms with Crippen LogP contribution < -0.4 is 5.56 Å². The number of hydrogen-bond acceptors (Lipinski definition) is 4. The van der Waals surface area contributed by atoms with E-state index in [1.165, 1.54) is 0 Å². The first-order valence-electron chi connectivity index (χ1n) is 7.01. The van der Waals surface area contributed by atoms with Gasteiger partial charge in [0.1, 0.15) is 0 Å². The number of hydrogen-bond donors (Lipinski definition) is 0. The van der Waals surface area contributed by atoms with Gasteiger partial charge in [-0.3, -0.25) is 14.3 Å². The molecule has 1 aliphatic heterocycles. The summed E-state index contributed by atoms with van der Waals surface area (Å²) in [7, 11) is 0. The van der Waals surface area contributed by atoms with Crippen LogP contribution in [0.5, 0.6) is 0 Å². The van der Waals surface area contributed by atoms with Gasteiger partial charge in [-0.25, -0.2) is 4.98 Å². The van der Waals surface area contributed by atoms with Crippen molar-refractivity contribution in [2.24, 2.45) is 0 Å². The van der Waals surface area contributed by atoms with Gasteiger partial charge in [0.25, 0.3) is 5.56 Å². The van der Waals surface area contributed by atoms with Crippen LogP contribution in [0.3, 0.4) is 0 Å². The highest BCUT2D eigenvalue weighted by atomic mass is 16.5. The molecule has 1 aliphatic rings. The number of morpholine rings is 1. The lowest BCUT2D eigenvalue weighted by Gasteiger charge is -2.33. The van der Waals surface area contributed by atoms with Crippen LogP contribution >= 0.6 is 0 Å². The summed E-state index contributed by atoms with van der Waals surface area (Å²) in [4.78, 5) is 19.1. The van der Waals surface area contributed by atoms with Gasteiger partial charge in [-0.2, -0.15) is 0 Å². The summed E-state index contributed by atoms with van der Waals surface area (Å²) in [6, 6.07) is 7.88. The summed E-state index contributed by atoms with van der Waals surface area (Å²) in [5, 5.41) is 0.685. The number of nitrogens with zero attached hydrogens (tertiary/aromatic N) is 3. The summed E-state index contributed by atoms with van der Waals surface area (Å²) in [6.07, 6.45) is 1.65. The quantitative estimate of drug-likeness (QED) is 0.840. The van der Waals surface area contributed by atoms with Gasteiger partial charge in [-0.05, 0) is 19.1 Å². The monoisotopic (exact) mass is 273 g/mol. The van der Waals surface area contributed by atoms with Crippen molar-refractivity contribution in [3.8, 4) is 0 Å². The first-order valence-corrected chi connectivity index (χ1v) is 7.01. The highest BCUT2D eigenvalue weighted by Gasteiger charge is 2.18. The summed E-state index contributed by atoms with van der Waals surface area (Å²) >= 11 is 0. The predicted octanol–water partition coefficient (Wildman–Crippen LogP) is 1.12. The molecule has 1 aromatic carbocycles. The molecular formula is C15H19N3O2. The van der Waals surface area contributed by atoms with E-state index in [0.29, 0.717) is 18.0 Å². The standard InChI is InChI=1S/C15H19N3O2/c1-12-10-20-9-8-17(12)6-7-18-11-16-14-5-3-2-4-13(14)15(18)19/h2-5,11-12H,6-10H2,1H3. The molecule has 5 heteroatoms. The first kappa shape index (κ1) is 13.3. The summed E-state index contributed by atoms with van der Waals surface area (Å²) < 4.78 is 7.12. The fourth-order valence-electron chi connectivity index (χ4n) is 2.60. The number of rotatable bonds is 3. The maximum atomic E-state index is 12.4. The molecule has 1 saturated heterocycles. The Labute approximate surface area is 117 Å². The number of para-hydroxylation sites is 1. The summed E-state index contributed by atoms with van der Waals surface area (Å²) in [5.41, 5.74) is 0.796. The van der Waals surface area contributed by atoms with E-state index in [4.69, 9.17) is 4.74 Å². The van der Waals surface area contributed by atoms with Crippen LogP contribution in [0, 0.1) is 0 Å². The largest absolute Gasteiger partial charge is 0.379 e. The van der Waals surface area contributed by atoms with E-state index in [1.54, 1.807) is 10.9 Å². The smallest absolute Gasteiger partial charge is 0.261 e. The minimum Gasteiger partial charge on any atom is -0.379 e. The zero-order valence-corrected chi connectivity index (χ0v) is 11.7. The Morgan fingerprint density at radius 1 is 1.35 bits per heavy atom. The van der Waals surface area contributed by atoms with E-state index in [0.717, 1.165) is 31.8 Å². The number of benzene rings is 1. The third-order valence-corrected chi connectivity index (χ3v) is 3.86. The van der Waals surface area contributed by atoms with E-state index in [1.807, 2.05) is 24.3 Å². The van der Waals surface area contributed by atoms with Gasteiger partial charge in [-0.1, -0.05) is 12.1 Å². The van der Waals surface area contributed by atoms with Crippen molar-refractivity contribution in [2.45, 2.75) is 19.5 Å². The van der Waals surface area contributed by atoms with Crippen LogP contribution in [-0.2, 0) is 11.3 Å². The van der Waals surface area contributed by atoms with Gasteiger partial charge < -0.3 is 4.74 Å². The minimum atomic E-state index is 0.0384. The lowest BCUT2D eigenvalue weighted by molar-refractivity contribution is -0.00176. The molecule has 0 spiro atoms. The Bertz CT molecular complexity index is 653. The zero-order valence-electron chi connectivity index (χ0n) is 11.7. The van der Waals surface area contributed by atoms with Crippen molar-refractivity contribution in [3.63, 3.8) is 0 Å². The average molecular weight is 273 g/mol. The maximum Gasteiger partial charge on any atom is 0.261 e. The van der Waals surface area contributed by atoms with Crippen molar-refractivity contribution >= 4 is 10.9 Å².